The first-order valence-corrected chi connectivity index (χ1v) is 8.56. The van der Waals surface area contributed by atoms with Gasteiger partial charge in [0.05, 0.1) is 0 Å². The highest BCUT2D eigenvalue weighted by molar-refractivity contribution is 14.1. The van der Waals surface area contributed by atoms with Gasteiger partial charge in [0.2, 0.25) is 0 Å². The van der Waals surface area contributed by atoms with E-state index in [9.17, 15) is 8.42 Å². The van der Waals surface area contributed by atoms with Gasteiger partial charge in [-0.05, 0) is 65.9 Å². The molecule has 0 aliphatic rings. The smallest absolute Gasteiger partial charge is 0.265 e. The van der Waals surface area contributed by atoms with E-state index in [0.717, 1.165) is 3.57 Å². The lowest BCUT2D eigenvalue weighted by molar-refractivity contribution is 0.601. The molecule has 2 N–H and O–H groups in total. The number of hydrogen-bond donors (Lipinski definition) is 2. The summed E-state index contributed by atoms with van der Waals surface area (Å²) < 4.78 is 28.4. The fourth-order valence-electron chi connectivity index (χ4n) is 1.64. The summed E-state index contributed by atoms with van der Waals surface area (Å²) in [5.74, 6) is 0.355. The van der Waals surface area contributed by atoms with Crippen molar-refractivity contribution >= 4 is 44.1 Å². The number of hydrogen-bond acceptors (Lipinski definition) is 4. The second-order valence-corrected chi connectivity index (χ2v) is 6.89. The molecule has 0 atom stereocenters. The van der Waals surface area contributed by atoms with Gasteiger partial charge in [-0.3, -0.25) is 4.72 Å². The van der Waals surface area contributed by atoms with Crippen LogP contribution in [0.25, 0.3) is 0 Å². The van der Waals surface area contributed by atoms with Gasteiger partial charge in [0.25, 0.3) is 10.0 Å². The zero-order valence-electron chi connectivity index (χ0n) is 10.8. The van der Waals surface area contributed by atoms with E-state index in [1.165, 1.54) is 6.07 Å². The maximum atomic E-state index is 12.4. The molecule has 0 radical (unpaired) electrons. The molecule has 1 aromatic heterocycles. The molecule has 0 aliphatic heterocycles. The van der Waals surface area contributed by atoms with Crippen LogP contribution in [-0.2, 0) is 10.0 Å². The summed E-state index contributed by atoms with van der Waals surface area (Å²) in [5.41, 5.74) is 0.525. The highest BCUT2D eigenvalue weighted by atomic mass is 127. The van der Waals surface area contributed by atoms with Gasteiger partial charge in [-0.25, -0.2) is 13.4 Å². The number of nitrogens with one attached hydrogen (secondary N) is 2. The van der Waals surface area contributed by atoms with Crippen molar-refractivity contribution in [3.8, 4) is 0 Å². The van der Waals surface area contributed by atoms with Gasteiger partial charge in [0.15, 0.2) is 0 Å². The van der Waals surface area contributed by atoms with E-state index in [-0.39, 0.29) is 4.90 Å². The molecule has 1 aromatic carbocycles. The minimum atomic E-state index is -3.66. The molecule has 5 nitrogen and oxygen atoms in total. The Kier molecular flexibility index (Phi) is 4.81. The quantitative estimate of drug-likeness (QED) is 0.754. The van der Waals surface area contributed by atoms with Gasteiger partial charge >= 0.3 is 0 Å². The normalized spacial score (nSPS) is 11.1. The van der Waals surface area contributed by atoms with Crippen LogP contribution in [0.3, 0.4) is 0 Å². The predicted octanol–water partition coefficient (Wildman–Crippen LogP) is 2.92. The molecule has 7 heteroatoms. The molecular weight excluding hydrogens is 389 g/mol. The Bertz CT molecular complexity index is 687. The maximum absolute atomic E-state index is 12.4. The maximum Gasteiger partial charge on any atom is 0.265 e. The van der Waals surface area contributed by atoms with Crippen molar-refractivity contribution in [1.29, 1.82) is 0 Å². The largest absolute Gasteiger partial charge is 0.369 e. The van der Waals surface area contributed by atoms with E-state index in [1.54, 1.807) is 24.4 Å². The van der Waals surface area contributed by atoms with E-state index in [2.05, 4.69) is 37.6 Å². The molecule has 106 valence electrons. The van der Waals surface area contributed by atoms with Crippen LogP contribution in [0, 0.1) is 3.57 Å². The van der Waals surface area contributed by atoms with Crippen LogP contribution in [0.5, 0.6) is 0 Å². The zero-order chi connectivity index (χ0) is 14.6. The Morgan fingerprint density at radius 3 is 2.55 bits per heavy atom. The molecule has 20 heavy (non-hydrogen) atoms. The van der Waals surface area contributed by atoms with Crippen LogP contribution >= 0.6 is 22.6 Å². The van der Waals surface area contributed by atoms with E-state index in [4.69, 9.17) is 0 Å². The molecule has 2 rings (SSSR count). The van der Waals surface area contributed by atoms with Crippen LogP contribution < -0.4 is 10.0 Å². The van der Waals surface area contributed by atoms with Crippen LogP contribution in [0.4, 0.5) is 11.5 Å². The van der Waals surface area contributed by atoms with Gasteiger partial charge in [0, 0.05) is 22.0 Å². The Morgan fingerprint density at radius 1 is 1.20 bits per heavy atom. The standard InChI is InChI=1S/C13H14IN3O2S/c1-2-15-13-12(4-3-9-16-13)20(18,19)17-11-7-5-10(14)6-8-11/h3-9,17H,2H2,1H3,(H,15,16). The molecule has 0 bridgehead atoms. The number of halogens is 1. The third kappa shape index (κ3) is 3.60. The number of sulfonamides is 1. The zero-order valence-corrected chi connectivity index (χ0v) is 13.8. The number of pyridine rings is 1. The Labute approximate surface area is 132 Å². The summed E-state index contributed by atoms with van der Waals surface area (Å²) in [6, 6.07) is 10.3. The lowest BCUT2D eigenvalue weighted by atomic mass is 10.3. The van der Waals surface area contributed by atoms with Crippen molar-refractivity contribution in [2.24, 2.45) is 0 Å². The number of anilines is 2. The predicted molar refractivity (Wildman–Crippen MR) is 88.4 cm³/mol. The molecule has 0 aliphatic carbocycles. The Hall–Kier alpha value is -1.35. The van der Waals surface area contributed by atoms with Gasteiger partial charge in [-0.2, -0.15) is 0 Å². The SMILES string of the molecule is CCNc1ncccc1S(=O)(=O)Nc1ccc(I)cc1. The minimum Gasteiger partial charge on any atom is -0.369 e. The highest BCUT2D eigenvalue weighted by Gasteiger charge is 2.19. The molecule has 0 saturated carbocycles. The van der Waals surface area contributed by atoms with Gasteiger partial charge in [0.1, 0.15) is 10.7 Å². The monoisotopic (exact) mass is 403 g/mol. The Morgan fingerprint density at radius 2 is 1.90 bits per heavy atom. The molecule has 0 spiro atoms. The third-order valence-electron chi connectivity index (χ3n) is 2.50. The average molecular weight is 403 g/mol. The van der Waals surface area contributed by atoms with Crippen molar-refractivity contribution in [3.05, 3.63) is 46.2 Å². The molecule has 1 heterocycles. The Balaban J connectivity index is 2.33. The molecule has 0 unspecified atom stereocenters. The van der Waals surface area contributed by atoms with Crippen LogP contribution in [0.2, 0.25) is 0 Å². The summed E-state index contributed by atoms with van der Waals surface area (Å²) in [5, 5.41) is 2.95. The van der Waals surface area contributed by atoms with Crippen molar-refractivity contribution in [2.45, 2.75) is 11.8 Å². The van der Waals surface area contributed by atoms with Gasteiger partial charge in [-0.1, -0.05) is 0 Å². The van der Waals surface area contributed by atoms with E-state index >= 15 is 0 Å². The number of benzene rings is 1. The molecule has 0 saturated heterocycles. The van der Waals surface area contributed by atoms with Crippen LogP contribution in [0.1, 0.15) is 6.92 Å². The lowest BCUT2D eigenvalue weighted by Crippen LogP contribution is -2.16. The van der Waals surface area contributed by atoms with E-state index in [0.29, 0.717) is 18.1 Å². The summed E-state index contributed by atoms with van der Waals surface area (Å²) in [7, 11) is -3.66. The molecular formula is C13H14IN3O2S. The summed E-state index contributed by atoms with van der Waals surface area (Å²) >= 11 is 2.16. The second kappa shape index (κ2) is 6.40. The lowest BCUT2D eigenvalue weighted by Gasteiger charge is -2.12. The fourth-order valence-corrected chi connectivity index (χ4v) is 3.19. The number of rotatable bonds is 5. The number of aromatic nitrogens is 1. The van der Waals surface area contributed by atoms with Crippen molar-refractivity contribution in [2.75, 3.05) is 16.6 Å². The third-order valence-corrected chi connectivity index (χ3v) is 4.63. The first kappa shape index (κ1) is 15.0. The first-order chi connectivity index (χ1) is 9.53. The summed E-state index contributed by atoms with van der Waals surface area (Å²) in [6.07, 6.45) is 1.56. The van der Waals surface area contributed by atoms with Crippen LogP contribution in [0.15, 0.2) is 47.5 Å². The van der Waals surface area contributed by atoms with Crippen molar-refractivity contribution < 1.29 is 8.42 Å². The van der Waals surface area contributed by atoms with Gasteiger partial charge < -0.3 is 5.32 Å². The second-order valence-electron chi connectivity index (χ2n) is 3.99. The van der Waals surface area contributed by atoms with Crippen LogP contribution in [-0.4, -0.2) is 19.9 Å². The first-order valence-electron chi connectivity index (χ1n) is 6.00. The summed E-state index contributed by atoms with van der Waals surface area (Å²) in [6.45, 7) is 2.49. The van der Waals surface area contributed by atoms with E-state index in [1.807, 2.05) is 19.1 Å². The average Bonchev–Trinajstić information content (AvgIpc) is 2.42. The molecule has 2 aromatic rings. The van der Waals surface area contributed by atoms with Crippen molar-refractivity contribution in [3.63, 3.8) is 0 Å². The number of nitrogens with zero attached hydrogens (tertiary/aromatic N) is 1. The van der Waals surface area contributed by atoms with Crippen molar-refractivity contribution in [1.82, 2.24) is 4.98 Å². The topological polar surface area (TPSA) is 71.1 Å². The van der Waals surface area contributed by atoms with E-state index < -0.39 is 10.0 Å². The van der Waals surface area contributed by atoms with Gasteiger partial charge in [-0.15, -0.1) is 0 Å². The highest BCUT2D eigenvalue weighted by Crippen LogP contribution is 2.21. The summed E-state index contributed by atoms with van der Waals surface area (Å²) in [4.78, 5) is 4.20. The molecule has 0 amide bonds. The fraction of sp³-hybridized carbons (Fsp3) is 0.154. The molecule has 0 fully saturated rings. The minimum absolute atomic E-state index is 0.139.